The molecule has 0 aliphatic carbocycles. The highest BCUT2D eigenvalue weighted by atomic mass is 15.1. The molecule has 0 spiro atoms. The maximum absolute atomic E-state index is 9.61. The Kier molecular flexibility index (Phi) is 6.80. The number of anilines is 3. The zero-order valence-corrected chi connectivity index (χ0v) is 16.8. The Labute approximate surface area is 171 Å². The van der Waals surface area contributed by atoms with Crippen molar-refractivity contribution in [2.75, 3.05) is 30.0 Å². The summed E-state index contributed by atoms with van der Waals surface area (Å²) >= 11 is 0. The van der Waals surface area contributed by atoms with Crippen LogP contribution in [0.5, 0.6) is 0 Å². The van der Waals surface area contributed by atoms with E-state index in [1.54, 1.807) is 6.08 Å². The molecule has 0 saturated carbocycles. The smallest absolute Gasteiger partial charge is 0.144 e. The molecule has 1 aromatic carbocycles. The summed E-state index contributed by atoms with van der Waals surface area (Å²) in [7, 11) is 2.04. The van der Waals surface area contributed by atoms with Crippen molar-refractivity contribution >= 4 is 28.8 Å². The molecule has 29 heavy (non-hydrogen) atoms. The number of hydrogen-bond donors (Lipinski definition) is 2. The third kappa shape index (κ3) is 4.83. The van der Waals surface area contributed by atoms with Crippen molar-refractivity contribution in [3.8, 4) is 18.2 Å². The molecular formula is C22H23N7. The molecular weight excluding hydrogens is 362 g/mol. The van der Waals surface area contributed by atoms with Gasteiger partial charge in [0.2, 0.25) is 0 Å². The second-order valence-electron chi connectivity index (χ2n) is 7.10. The van der Waals surface area contributed by atoms with Crippen LogP contribution in [0, 0.1) is 39.9 Å². The topological polar surface area (TPSA) is 140 Å². The lowest BCUT2D eigenvalue weighted by Gasteiger charge is -2.20. The molecule has 7 heteroatoms. The number of allylic oxidation sites excluding steroid dienone is 1. The van der Waals surface area contributed by atoms with Gasteiger partial charge in [-0.2, -0.15) is 15.8 Å². The molecule has 0 radical (unpaired) electrons. The van der Waals surface area contributed by atoms with E-state index >= 15 is 0 Å². The quantitative estimate of drug-likeness (QED) is 0.725. The van der Waals surface area contributed by atoms with Crippen LogP contribution in [0.25, 0.3) is 11.6 Å². The second kappa shape index (κ2) is 9.26. The normalized spacial score (nSPS) is 10.9. The van der Waals surface area contributed by atoms with Crippen LogP contribution in [0.15, 0.2) is 24.3 Å². The predicted molar refractivity (Wildman–Crippen MR) is 115 cm³/mol. The summed E-state index contributed by atoms with van der Waals surface area (Å²) in [6, 6.07) is 13.5. The molecule has 1 aromatic heterocycles. The van der Waals surface area contributed by atoms with E-state index < -0.39 is 0 Å². The first-order valence-electron chi connectivity index (χ1n) is 9.14. The Morgan fingerprint density at radius 1 is 1.10 bits per heavy atom. The molecule has 146 valence electrons. The molecule has 0 aliphatic rings. The molecule has 0 aliphatic heterocycles. The van der Waals surface area contributed by atoms with Crippen LogP contribution >= 0.6 is 0 Å². The van der Waals surface area contributed by atoms with Crippen molar-refractivity contribution in [3.05, 3.63) is 46.6 Å². The fourth-order valence-electron chi connectivity index (χ4n) is 2.77. The number of nitrogens with two attached hydrogens (primary N) is 2. The summed E-state index contributed by atoms with van der Waals surface area (Å²) < 4.78 is 0. The predicted octanol–water partition coefficient (Wildman–Crippen LogP) is 3.54. The highest BCUT2D eigenvalue weighted by Crippen LogP contribution is 2.29. The van der Waals surface area contributed by atoms with Crippen LogP contribution in [0.4, 0.5) is 17.2 Å². The zero-order valence-electron chi connectivity index (χ0n) is 16.8. The van der Waals surface area contributed by atoms with E-state index in [4.69, 9.17) is 16.7 Å². The van der Waals surface area contributed by atoms with Crippen LogP contribution in [0.1, 0.15) is 42.7 Å². The van der Waals surface area contributed by atoms with Crippen LogP contribution in [0.3, 0.4) is 0 Å². The Morgan fingerprint density at radius 2 is 1.72 bits per heavy atom. The van der Waals surface area contributed by atoms with Crippen molar-refractivity contribution in [2.24, 2.45) is 5.92 Å². The van der Waals surface area contributed by atoms with E-state index in [1.165, 1.54) is 0 Å². The van der Waals surface area contributed by atoms with Gasteiger partial charge in [0.05, 0.1) is 11.3 Å². The maximum atomic E-state index is 9.61. The fraction of sp³-hybridized carbons (Fsp3) is 0.273. The van der Waals surface area contributed by atoms with Crippen molar-refractivity contribution in [1.82, 2.24) is 4.98 Å². The molecule has 7 nitrogen and oxygen atoms in total. The van der Waals surface area contributed by atoms with Gasteiger partial charge >= 0.3 is 0 Å². The molecule has 0 unspecified atom stereocenters. The van der Waals surface area contributed by atoms with Gasteiger partial charge in [0.1, 0.15) is 40.8 Å². The van der Waals surface area contributed by atoms with E-state index in [9.17, 15) is 10.5 Å². The molecule has 4 N–H and O–H groups in total. The number of benzene rings is 1. The highest BCUT2D eigenvalue weighted by Gasteiger charge is 2.19. The van der Waals surface area contributed by atoms with E-state index in [-0.39, 0.29) is 33.9 Å². The van der Waals surface area contributed by atoms with Crippen LogP contribution in [-0.2, 0) is 0 Å². The molecule has 0 atom stereocenters. The van der Waals surface area contributed by atoms with E-state index in [1.807, 2.05) is 49.5 Å². The Bertz CT molecular complexity index is 1050. The summed E-state index contributed by atoms with van der Waals surface area (Å²) in [6.45, 7) is 5.34. The summed E-state index contributed by atoms with van der Waals surface area (Å²) in [5.74, 6) is 0.522. The lowest BCUT2D eigenvalue weighted by Crippen LogP contribution is -2.19. The van der Waals surface area contributed by atoms with Crippen molar-refractivity contribution in [1.29, 1.82) is 15.8 Å². The van der Waals surface area contributed by atoms with E-state index in [0.29, 0.717) is 5.92 Å². The third-order valence-corrected chi connectivity index (χ3v) is 4.55. The molecule has 2 rings (SSSR count). The third-order valence-electron chi connectivity index (χ3n) is 4.55. The van der Waals surface area contributed by atoms with Gasteiger partial charge in [-0.25, -0.2) is 4.98 Å². The van der Waals surface area contributed by atoms with Crippen LogP contribution < -0.4 is 16.4 Å². The largest absolute Gasteiger partial charge is 0.396 e. The van der Waals surface area contributed by atoms with E-state index in [0.717, 1.165) is 24.2 Å². The van der Waals surface area contributed by atoms with E-state index in [2.05, 4.69) is 23.7 Å². The SMILES string of the molecule is CC(C)CCN(C)c1ccc(C=C(C#N)c2nc(N)c(C#N)c(N)c2C#N)cc1. The molecule has 2 aromatic rings. The Balaban J connectivity index is 2.40. The summed E-state index contributed by atoms with van der Waals surface area (Å²) in [5, 5.41) is 28.2. The monoisotopic (exact) mass is 385 g/mol. The number of aromatic nitrogens is 1. The number of hydrogen-bond acceptors (Lipinski definition) is 7. The minimum absolute atomic E-state index is 0.0337. The average molecular weight is 385 g/mol. The van der Waals surface area contributed by atoms with Gasteiger partial charge in [0.15, 0.2) is 0 Å². The number of nitriles is 3. The minimum Gasteiger partial charge on any atom is -0.396 e. The average Bonchev–Trinajstić information content (AvgIpc) is 2.70. The van der Waals surface area contributed by atoms with Gasteiger partial charge in [-0.05, 0) is 36.1 Å². The van der Waals surface area contributed by atoms with Crippen molar-refractivity contribution in [2.45, 2.75) is 20.3 Å². The molecule has 0 saturated heterocycles. The van der Waals surface area contributed by atoms with Gasteiger partial charge in [-0.3, -0.25) is 0 Å². The first-order valence-corrected chi connectivity index (χ1v) is 9.14. The Morgan fingerprint density at radius 3 is 2.24 bits per heavy atom. The minimum atomic E-state index is -0.109. The van der Waals surface area contributed by atoms with Gasteiger partial charge in [0, 0.05) is 19.3 Å². The van der Waals surface area contributed by atoms with Crippen LogP contribution in [0.2, 0.25) is 0 Å². The van der Waals surface area contributed by atoms with Crippen molar-refractivity contribution < 1.29 is 0 Å². The maximum Gasteiger partial charge on any atom is 0.144 e. The first kappa shape index (κ1) is 21.3. The zero-order chi connectivity index (χ0) is 21.6. The molecule has 0 amide bonds. The molecule has 0 fully saturated rings. The number of nitrogens with zero attached hydrogens (tertiary/aromatic N) is 5. The number of pyridine rings is 1. The number of rotatable bonds is 6. The summed E-state index contributed by atoms with van der Waals surface area (Å²) in [5.41, 5.74) is 13.6. The van der Waals surface area contributed by atoms with Gasteiger partial charge < -0.3 is 16.4 Å². The summed E-state index contributed by atoms with van der Waals surface area (Å²) in [4.78, 5) is 6.26. The first-order chi connectivity index (χ1) is 13.8. The Hall–Kier alpha value is -4.02. The van der Waals surface area contributed by atoms with Gasteiger partial charge in [0.25, 0.3) is 0 Å². The molecule has 1 heterocycles. The second-order valence-corrected chi connectivity index (χ2v) is 7.10. The number of nitrogen functional groups attached to an aromatic ring is 2. The van der Waals surface area contributed by atoms with Crippen molar-refractivity contribution in [3.63, 3.8) is 0 Å². The standard InChI is InChI=1S/C22H23N7/c1-14(2)8-9-29(3)17-6-4-15(5-7-17)10-16(11-23)21-18(12-24)20(26)19(13-25)22(27)28-21/h4-7,10,14H,8-9H2,1-3H3,(H4,26,27,28). The van der Waals surface area contributed by atoms with Gasteiger partial charge in [-0.1, -0.05) is 26.0 Å². The lowest BCUT2D eigenvalue weighted by molar-refractivity contribution is 0.585. The highest BCUT2D eigenvalue weighted by molar-refractivity contribution is 5.93. The molecule has 0 bridgehead atoms. The van der Waals surface area contributed by atoms with Crippen LogP contribution in [-0.4, -0.2) is 18.6 Å². The fourth-order valence-corrected chi connectivity index (χ4v) is 2.77. The summed E-state index contributed by atoms with van der Waals surface area (Å²) in [6.07, 6.45) is 2.72. The lowest BCUT2D eigenvalue weighted by atomic mass is 10.0. The van der Waals surface area contributed by atoms with Gasteiger partial charge in [-0.15, -0.1) is 0 Å².